The fraction of sp³-hybridized carbons (Fsp3) is 0.333. The van der Waals surface area contributed by atoms with Gasteiger partial charge in [-0.25, -0.2) is 8.42 Å². The molecule has 0 aliphatic rings. The van der Waals surface area contributed by atoms with E-state index in [0.717, 1.165) is 9.87 Å². The number of nitrogens with zero attached hydrogens (tertiary/aromatic N) is 2. The molecule has 0 radical (unpaired) electrons. The van der Waals surface area contributed by atoms with Gasteiger partial charge in [-0.3, -0.25) is 13.9 Å². The van der Waals surface area contributed by atoms with Crippen molar-refractivity contribution in [3.8, 4) is 5.75 Å². The Bertz CT molecular complexity index is 1360. The largest absolute Gasteiger partial charge is 0.494 e. The second kappa shape index (κ2) is 14.2. The van der Waals surface area contributed by atoms with E-state index in [1.54, 1.807) is 73.7 Å². The fourth-order valence-corrected chi connectivity index (χ4v) is 5.51. The molecule has 3 rings (SSSR count). The molecule has 0 aliphatic carbocycles. The van der Waals surface area contributed by atoms with E-state index in [4.69, 9.17) is 16.3 Å². The van der Waals surface area contributed by atoms with Crippen molar-refractivity contribution in [2.45, 2.75) is 45.2 Å². The average molecular weight is 586 g/mol. The van der Waals surface area contributed by atoms with E-state index < -0.39 is 28.5 Å². The van der Waals surface area contributed by atoms with Gasteiger partial charge >= 0.3 is 0 Å². The molecule has 0 aromatic heterocycles. The van der Waals surface area contributed by atoms with E-state index in [2.05, 4.69) is 5.32 Å². The van der Waals surface area contributed by atoms with Crippen molar-refractivity contribution in [1.29, 1.82) is 0 Å². The van der Waals surface area contributed by atoms with Gasteiger partial charge in [-0.05, 0) is 73.9 Å². The van der Waals surface area contributed by atoms with Crippen LogP contribution in [-0.2, 0) is 26.2 Å². The predicted molar refractivity (Wildman–Crippen MR) is 158 cm³/mol. The molecule has 0 saturated heterocycles. The topological polar surface area (TPSA) is 96.0 Å². The van der Waals surface area contributed by atoms with Gasteiger partial charge in [0, 0.05) is 18.1 Å². The zero-order chi connectivity index (χ0) is 29.3. The summed E-state index contributed by atoms with van der Waals surface area (Å²) in [5, 5.41) is 3.41. The second-order valence-corrected chi connectivity index (χ2v) is 12.0. The summed E-state index contributed by atoms with van der Waals surface area (Å²) in [6.07, 6.45) is 0. The molecule has 1 N–H and O–H groups in total. The Morgan fingerprint density at radius 3 is 2.12 bits per heavy atom. The van der Waals surface area contributed by atoms with Crippen LogP contribution in [0.25, 0.3) is 0 Å². The number of rotatable bonds is 13. The Morgan fingerprint density at radius 1 is 0.925 bits per heavy atom. The number of anilines is 1. The van der Waals surface area contributed by atoms with Gasteiger partial charge < -0.3 is 15.0 Å². The van der Waals surface area contributed by atoms with Crippen LogP contribution in [0.2, 0.25) is 5.02 Å². The smallest absolute Gasteiger partial charge is 0.264 e. The summed E-state index contributed by atoms with van der Waals surface area (Å²) in [6, 6.07) is 20.5. The summed E-state index contributed by atoms with van der Waals surface area (Å²) in [7, 11) is -4.13. The number of ether oxygens (including phenoxy) is 1. The first kappa shape index (κ1) is 31.0. The van der Waals surface area contributed by atoms with Crippen LogP contribution in [0.15, 0.2) is 83.8 Å². The summed E-state index contributed by atoms with van der Waals surface area (Å²) in [4.78, 5) is 28.4. The number of carbonyl (C=O) groups excluding carboxylic acids is 2. The minimum absolute atomic E-state index is 0.0451. The summed E-state index contributed by atoms with van der Waals surface area (Å²) >= 11 is 6.04. The molecule has 0 heterocycles. The zero-order valence-corrected chi connectivity index (χ0v) is 24.8. The first-order valence-electron chi connectivity index (χ1n) is 13.1. The number of benzene rings is 3. The number of sulfonamides is 1. The molecule has 0 bridgehead atoms. The lowest BCUT2D eigenvalue weighted by Crippen LogP contribution is -2.51. The van der Waals surface area contributed by atoms with Crippen LogP contribution in [0.5, 0.6) is 5.75 Å². The summed E-state index contributed by atoms with van der Waals surface area (Å²) < 4.78 is 34.2. The molecule has 0 aliphatic heterocycles. The van der Waals surface area contributed by atoms with Crippen molar-refractivity contribution in [2.75, 3.05) is 24.0 Å². The molecule has 3 aromatic rings. The van der Waals surface area contributed by atoms with Gasteiger partial charge in [-0.1, -0.05) is 55.8 Å². The normalized spacial score (nSPS) is 12.1. The van der Waals surface area contributed by atoms with E-state index in [1.807, 2.05) is 20.8 Å². The van der Waals surface area contributed by atoms with Crippen LogP contribution >= 0.6 is 11.6 Å². The van der Waals surface area contributed by atoms with Gasteiger partial charge in [0.15, 0.2) is 0 Å². The van der Waals surface area contributed by atoms with Gasteiger partial charge in [0.2, 0.25) is 11.8 Å². The first-order valence-corrected chi connectivity index (χ1v) is 15.0. The molecule has 0 fully saturated rings. The SMILES string of the molecule is CCOc1ccc(N(CC(=O)N(Cc2ccc(Cl)cc2)[C@H](C)C(=O)NCC(C)C)S(=O)(=O)c2ccccc2)cc1. The molecule has 1 atom stereocenters. The Morgan fingerprint density at radius 2 is 1.55 bits per heavy atom. The molecular weight excluding hydrogens is 550 g/mol. The van der Waals surface area contributed by atoms with Crippen LogP contribution < -0.4 is 14.4 Å². The fourth-order valence-electron chi connectivity index (χ4n) is 3.95. The van der Waals surface area contributed by atoms with E-state index >= 15 is 0 Å². The van der Waals surface area contributed by atoms with Crippen LogP contribution in [0, 0.1) is 5.92 Å². The Kier molecular flexibility index (Phi) is 11.0. The Balaban J connectivity index is 1.99. The minimum atomic E-state index is -4.13. The van der Waals surface area contributed by atoms with Crippen molar-refractivity contribution in [3.63, 3.8) is 0 Å². The van der Waals surface area contributed by atoms with E-state index in [9.17, 15) is 18.0 Å². The lowest BCUT2D eigenvalue weighted by molar-refractivity contribution is -0.139. The van der Waals surface area contributed by atoms with Gasteiger partial charge in [0.05, 0.1) is 17.2 Å². The first-order chi connectivity index (χ1) is 19.0. The number of amides is 2. The molecule has 214 valence electrons. The molecule has 2 amide bonds. The predicted octanol–water partition coefficient (Wildman–Crippen LogP) is 5.12. The highest BCUT2D eigenvalue weighted by molar-refractivity contribution is 7.92. The van der Waals surface area contributed by atoms with Gasteiger partial charge in [-0.2, -0.15) is 0 Å². The van der Waals surface area contributed by atoms with Gasteiger partial charge in [0.1, 0.15) is 18.3 Å². The number of nitrogens with one attached hydrogen (secondary N) is 1. The molecule has 0 unspecified atom stereocenters. The molecule has 0 saturated carbocycles. The standard InChI is InChI=1S/C30H36ClN3O5S/c1-5-39-27-17-15-26(16-18-27)34(40(37,38)28-9-7-6-8-10-28)21-29(35)33(20-24-11-13-25(31)14-12-24)23(4)30(36)32-19-22(2)3/h6-18,22-23H,5,19-21H2,1-4H3,(H,32,36)/t23-/m1/s1. The lowest BCUT2D eigenvalue weighted by atomic mass is 10.1. The number of halogens is 1. The molecule has 0 spiro atoms. The third-order valence-corrected chi connectivity index (χ3v) is 8.20. The maximum Gasteiger partial charge on any atom is 0.264 e. The molecule has 3 aromatic carbocycles. The highest BCUT2D eigenvalue weighted by Gasteiger charge is 2.32. The third-order valence-electron chi connectivity index (χ3n) is 6.16. The van der Waals surface area contributed by atoms with Crippen molar-refractivity contribution >= 4 is 39.1 Å². The second-order valence-electron chi connectivity index (χ2n) is 9.71. The number of hydrogen-bond acceptors (Lipinski definition) is 5. The third kappa shape index (κ3) is 8.22. The molecule has 10 heteroatoms. The number of hydrogen-bond donors (Lipinski definition) is 1. The number of carbonyl (C=O) groups is 2. The summed E-state index contributed by atoms with van der Waals surface area (Å²) in [5.41, 5.74) is 1.05. The molecular formula is C30H36ClN3O5S. The van der Waals surface area contributed by atoms with E-state index in [0.29, 0.717) is 29.6 Å². The highest BCUT2D eigenvalue weighted by Crippen LogP contribution is 2.26. The summed E-state index contributed by atoms with van der Waals surface area (Å²) in [6.45, 7) is 7.93. The van der Waals surface area contributed by atoms with E-state index in [-0.39, 0.29) is 23.3 Å². The van der Waals surface area contributed by atoms with Crippen molar-refractivity contribution in [3.05, 3.63) is 89.4 Å². The summed E-state index contributed by atoms with van der Waals surface area (Å²) in [5.74, 6) is -0.0535. The average Bonchev–Trinajstić information content (AvgIpc) is 2.95. The van der Waals surface area contributed by atoms with Crippen LogP contribution in [0.3, 0.4) is 0 Å². The van der Waals surface area contributed by atoms with Crippen molar-refractivity contribution < 1.29 is 22.7 Å². The Labute approximate surface area is 241 Å². The van der Waals surface area contributed by atoms with Gasteiger partial charge in [-0.15, -0.1) is 0 Å². The Hall–Kier alpha value is -3.56. The monoisotopic (exact) mass is 585 g/mol. The minimum Gasteiger partial charge on any atom is -0.494 e. The maximum absolute atomic E-state index is 13.9. The maximum atomic E-state index is 13.9. The van der Waals surface area contributed by atoms with Crippen LogP contribution in [0.1, 0.15) is 33.3 Å². The molecule has 40 heavy (non-hydrogen) atoms. The lowest BCUT2D eigenvalue weighted by Gasteiger charge is -2.32. The zero-order valence-electron chi connectivity index (χ0n) is 23.2. The van der Waals surface area contributed by atoms with Crippen molar-refractivity contribution in [2.24, 2.45) is 5.92 Å². The van der Waals surface area contributed by atoms with Crippen LogP contribution in [-0.4, -0.2) is 50.9 Å². The quantitative estimate of drug-likeness (QED) is 0.300. The van der Waals surface area contributed by atoms with Gasteiger partial charge in [0.25, 0.3) is 10.0 Å². The van der Waals surface area contributed by atoms with Crippen LogP contribution in [0.4, 0.5) is 5.69 Å². The highest BCUT2D eigenvalue weighted by atomic mass is 35.5. The molecule has 8 nitrogen and oxygen atoms in total. The van der Waals surface area contributed by atoms with E-state index in [1.165, 1.54) is 17.0 Å². The van der Waals surface area contributed by atoms with Crippen molar-refractivity contribution in [1.82, 2.24) is 10.2 Å².